The fourth-order valence-corrected chi connectivity index (χ4v) is 7.28. The Morgan fingerprint density at radius 3 is 2.14 bits per heavy atom. The quantitative estimate of drug-likeness (QED) is 0.102. The molecule has 0 spiro atoms. The van der Waals surface area contributed by atoms with E-state index in [1.54, 1.807) is 19.1 Å². The average molecular weight is 860 g/mol. The summed E-state index contributed by atoms with van der Waals surface area (Å²) in [6.45, 7) is 11.7. The molecular formula is C45H47BrN8O5. The number of carbonyl (C=O) groups excluding carboxylic acids is 2. The van der Waals surface area contributed by atoms with Gasteiger partial charge in [0.15, 0.2) is 5.82 Å². The summed E-state index contributed by atoms with van der Waals surface area (Å²) in [5.74, 6) is -0.797. The average Bonchev–Trinajstić information content (AvgIpc) is 3.29. The van der Waals surface area contributed by atoms with Gasteiger partial charge in [0.2, 0.25) is 5.91 Å². The first kappa shape index (κ1) is 41.2. The fourth-order valence-electron chi connectivity index (χ4n) is 6.90. The first-order valence-corrected chi connectivity index (χ1v) is 20.5. The van der Waals surface area contributed by atoms with Crippen molar-refractivity contribution in [3.05, 3.63) is 114 Å². The zero-order valence-electron chi connectivity index (χ0n) is 33.4. The maximum absolute atomic E-state index is 11.7. The molecule has 2 aliphatic rings. The second-order valence-electron chi connectivity index (χ2n) is 13.9. The van der Waals surface area contributed by atoms with Crippen LogP contribution in [0.1, 0.15) is 19.4 Å². The molecule has 4 aromatic heterocycles. The Morgan fingerprint density at radius 1 is 0.814 bits per heavy atom. The van der Waals surface area contributed by atoms with Crippen LogP contribution in [0, 0.1) is 12.8 Å². The molecule has 2 aliphatic heterocycles. The zero-order chi connectivity index (χ0) is 41.1. The van der Waals surface area contributed by atoms with Crippen molar-refractivity contribution in [2.45, 2.75) is 20.8 Å². The van der Waals surface area contributed by atoms with Gasteiger partial charge in [-0.15, -0.1) is 0 Å². The van der Waals surface area contributed by atoms with Crippen LogP contribution in [-0.4, -0.2) is 91.0 Å². The number of para-hydroxylation sites is 2. The lowest BCUT2D eigenvalue weighted by atomic mass is 10.00. The van der Waals surface area contributed by atoms with E-state index in [2.05, 4.69) is 77.5 Å². The Morgan fingerprint density at radius 2 is 1.47 bits per heavy atom. The molecule has 1 atom stereocenters. The summed E-state index contributed by atoms with van der Waals surface area (Å²) in [6, 6.07) is 27.6. The lowest BCUT2D eigenvalue weighted by Gasteiger charge is -2.32. The molecule has 1 amide bonds. The minimum absolute atomic E-state index is 0.269. The standard InChI is InChI=1S/C33H33N7O2.C12H14BrNO3/c1-23-30(37-29-21-24(39-13-17-41-18-14-39)22-36-33(29)40-15-19-42-20-16-40)26-8-6-7-25(27-9-2-4-11-34-27)32(26)38-31(23)28-10-3-5-12-35-28;1-3-17-12(16)8(2)11(15)14-10-7-5-4-6-9(10)13/h2-12,21-22H,13-20H2,1H3,(H,37,38);4-8H,3H2,1-2H3,(H,14,15). The van der Waals surface area contributed by atoms with E-state index in [4.69, 9.17) is 24.2 Å². The fraction of sp³-hybridized carbons (Fsp3) is 0.289. The van der Waals surface area contributed by atoms with Gasteiger partial charge in [-0.25, -0.2) is 9.97 Å². The van der Waals surface area contributed by atoms with Gasteiger partial charge in [0.1, 0.15) is 5.92 Å². The van der Waals surface area contributed by atoms with Crippen molar-refractivity contribution < 1.29 is 23.8 Å². The first-order chi connectivity index (χ1) is 28.8. The second-order valence-corrected chi connectivity index (χ2v) is 14.8. The molecule has 14 heteroatoms. The van der Waals surface area contributed by atoms with Gasteiger partial charge >= 0.3 is 5.97 Å². The summed E-state index contributed by atoms with van der Waals surface area (Å²) in [5, 5.41) is 7.53. The summed E-state index contributed by atoms with van der Waals surface area (Å²) in [7, 11) is 0. The summed E-state index contributed by atoms with van der Waals surface area (Å²) in [4.78, 5) is 47.3. The Kier molecular flexibility index (Phi) is 13.7. The second kappa shape index (κ2) is 19.7. The van der Waals surface area contributed by atoms with Crippen LogP contribution in [0.15, 0.2) is 108 Å². The Balaban J connectivity index is 0.000000262. The van der Waals surface area contributed by atoms with E-state index in [-0.39, 0.29) is 12.5 Å². The molecule has 6 heterocycles. The first-order valence-electron chi connectivity index (χ1n) is 19.7. The van der Waals surface area contributed by atoms with Gasteiger partial charge in [0, 0.05) is 59.6 Å². The van der Waals surface area contributed by atoms with Gasteiger partial charge in [0.25, 0.3) is 0 Å². The third-order valence-electron chi connectivity index (χ3n) is 10.1. The van der Waals surface area contributed by atoms with Crippen molar-refractivity contribution >= 4 is 67.3 Å². The minimum Gasteiger partial charge on any atom is -0.465 e. The topological polar surface area (TPSA) is 144 Å². The maximum atomic E-state index is 11.7. The number of morpholine rings is 2. The number of esters is 1. The van der Waals surface area contributed by atoms with Crippen LogP contribution in [0.25, 0.3) is 33.5 Å². The van der Waals surface area contributed by atoms with E-state index in [0.29, 0.717) is 32.1 Å². The molecule has 0 aliphatic carbocycles. The molecule has 8 rings (SSSR count). The van der Waals surface area contributed by atoms with E-state index in [0.717, 1.165) is 92.6 Å². The number of fused-ring (bicyclic) bond motifs is 1. The van der Waals surface area contributed by atoms with E-state index in [9.17, 15) is 9.59 Å². The number of aromatic nitrogens is 4. The molecule has 0 saturated carbocycles. The number of nitrogens with zero attached hydrogens (tertiary/aromatic N) is 6. The smallest absolute Gasteiger partial charge is 0.318 e. The number of hydrogen-bond acceptors (Lipinski definition) is 12. The number of benzene rings is 2. The molecule has 2 aromatic carbocycles. The SMILES string of the molecule is CCOC(=O)C(C)C(=O)Nc1ccccc1Br.Cc1c(-c2ccccn2)nc2c(-c3ccccn3)cccc2c1Nc1cc(N2CCOCC2)cnc1N1CCOCC1. The zero-order valence-corrected chi connectivity index (χ0v) is 34.9. The molecule has 0 bridgehead atoms. The molecule has 304 valence electrons. The Hall–Kier alpha value is -5.96. The summed E-state index contributed by atoms with van der Waals surface area (Å²) < 4.78 is 16.8. The highest BCUT2D eigenvalue weighted by atomic mass is 79.9. The number of anilines is 5. The highest BCUT2D eigenvalue weighted by Crippen LogP contribution is 2.40. The number of nitrogens with one attached hydrogen (secondary N) is 2. The van der Waals surface area contributed by atoms with Gasteiger partial charge in [-0.2, -0.15) is 0 Å². The predicted molar refractivity (Wildman–Crippen MR) is 235 cm³/mol. The highest BCUT2D eigenvalue weighted by molar-refractivity contribution is 9.10. The number of rotatable bonds is 10. The van der Waals surface area contributed by atoms with Crippen LogP contribution in [0.3, 0.4) is 0 Å². The van der Waals surface area contributed by atoms with E-state index < -0.39 is 11.9 Å². The molecular weight excluding hydrogens is 812 g/mol. The maximum Gasteiger partial charge on any atom is 0.318 e. The Labute approximate surface area is 352 Å². The van der Waals surface area contributed by atoms with Crippen LogP contribution >= 0.6 is 15.9 Å². The highest BCUT2D eigenvalue weighted by Gasteiger charge is 2.24. The van der Waals surface area contributed by atoms with Gasteiger partial charge in [-0.1, -0.05) is 42.5 Å². The van der Waals surface area contributed by atoms with Gasteiger partial charge in [-0.3, -0.25) is 19.6 Å². The number of pyridine rings is 4. The van der Waals surface area contributed by atoms with Crippen LogP contribution < -0.4 is 20.4 Å². The Bertz CT molecular complexity index is 2370. The van der Waals surface area contributed by atoms with Crippen molar-refractivity contribution in [1.82, 2.24) is 19.9 Å². The molecule has 1 unspecified atom stereocenters. The van der Waals surface area contributed by atoms with Gasteiger partial charge < -0.3 is 34.6 Å². The van der Waals surface area contributed by atoms with Crippen LogP contribution in [0.2, 0.25) is 0 Å². The number of halogens is 1. The van der Waals surface area contributed by atoms with E-state index in [1.165, 1.54) is 6.92 Å². The summed E-state index contributed by atoms with van der Waals surface area (Å²) in [6.07, 6.45) is 5.61. The van der Waals surface area contributed by atoms with Gasteiger partial charge in [-0.05, 0) is 79.2 Å². The summed E-state index contributed by atoms with van der Waals surface area (Å²) >= 11 is 3.31. The van der Waals surface area contributed by atoms with Crippen molar-refractivity contribution in [3.63, 3.8) is 0 Å². The number of hydrogen-bond donors (Lipinski definition) is 2. The molecule has 6 aromatic rings. The minimum atomic E-state index is -0.818. The molecule has 59 heavy (non-hydrogen) atoms. The lowest BCUT2D eigenvalue weighted by molar-refractivity contribution is -0.150. The van der Waals surface area contributed by atoms with Gasteiger partial charge in [0.05, 0.1) is 84.6 Å². The third kappa shape index (κ3) is 9.85. The third-order valence-corrected chi connectivity index (χ3v) is 10.8. The monoisotopic (exact) mass is 858 g/mol. The largest absolute Gasteiger partial charge is 0.465 e. The van der Waals surface area contributed by atoms with E-state index in [1.807, 2.05) is 67.1 Å². The van der Waals surface area contributed by atoms with Crippen LogP contribution in [0.4, 0.5) is 28.6 Å². The van der Waals surface area contributed by atoms with Crippen LogP contribution in [0.5, 0.6) is 0 Å². The van der Waals surface area contributed by atoms with Crippen molar-refractivity contribution in [2.24, 2.45) is 5.92 Å². The predicted octanol–water partition coefficient (Wildman–Crippen LogP) is 8.07. The van der Waals surface area contributed by atoms with Crippen molar-refractivity contribution in [3.8, 4) is 22.6 Å². The molecule has 2 saturated heterocycles. The number of carbonyl (C=O) groups is 2. The number of ether oxygens (including phenoxy) is 3. The van der Waals surface area contributed by atoms with E-state index >= 15 is 0 Å². The summed E-state index contributed by atoms with van der Waals surface area (Å²) in [5.41, 5.74) is 9.04. The normalized spacial score (nSPS) is 14.5. The molecule has 2 fully saturated rings. The number of amides is 1. The van der Waals surface area contributed by atoms with Crippen molar-refractivity contribution in [2.75, 3.05) is 79.6 Å². The van der Waals surface area contributed by atoms with Crippen molar-refractivity contribution in [1.29, 1.82) is 0 Å². The molecule has 2 N–H and O–H groups in total. The van der Waals surface area contributed by atoms with Crippen LogP contribution in [-0.2, 0) is 23.8 Å². The molecule has 13 nitrogen and oxygen atoms in total. The molecule has 0 radical (unpaired) electrons. The lowest BCUT2D eigenvalue weighted by Crippen LogP contribution is -2.38.